The first-order valence-electron chi connectivity index (χ1n) is 7.28. The second-order valence-electron chi connectivity index (χ2n) is 6.18. The fourth-order valence-corrected chi connectivity index (χ4v) is 3.81. The van der Waals surface area contributed by atoms with Crippen molar-refractivity contribution in [3.05, 3.63) is 24.3 Å². The number of benzene rings is 1. The summed E-state index contributed by atoms with van der Waals surface area (Å²) >= 11 is 0. The average Bonchev–Trinajstić information content (AvgIpc) is 2.45. The Labute approximate surface area is 127 Å². The van der Waals surface area contributed by atoms with Crippen molar-refractivity contribution in [3.63, 3.8) is 0 Å². The fraction of sp³-hybridized carbons (Fsp3) is 0.600. The maximum absolute atomic E-state index is 12.6. The number of ether oxygens (including phenoxy) is 1. The van der Waals surface area contributed by atoms with Gasteiger partial charge in [-0.05, 0) is 42.5 Å². The molecular formula is C15H24N2O3S. The van der Waals surface area contributed by atoms with Crippen LogP contribution in [0.4, 0.5) is 0 Å². The Balaban J connectivity index is 2.09. The predicted molar refractivity (Wildman–Crippen MR) is 82.8 cm³/mol. The molecule has 21 heavy (non-hydrogen) atoms. The molecule has 1 fully saturated rings. The Morgan fingerprint density at radius 1 is 1.19 bits per heavy atom. The maximum Gasteiger partial charge on any atom is 0.243 e. The van der Waals surface area contributed by atoms with Gasteiger partial charge in [0.2, 0.25) is 10.0 Å². The maximum atomic E-state index is 12.6. The molecule has 1 saturated heterocycles. The van der Waals surface area contributed by atoms with Gasteiger partial charge in [0, 0.05) is 19.6 Å². The minimum absolute atomic E-state index is 0.228. The summed E-state index contributed by atoms with van der Waals surface area (Å²) in [5.41, 5.74) is 5.60. The summed E-state index contributed by atoms with van der Waals surface area (Å²) < 4.78 is 32.1. The number of piperidine rings is 1. The highest BCUT2D eigenvalue weighted by atomic mass is 32.2. The Bertz CT molecular complexity index is 557. The zero-order chi connectivity index (χ0) is 15.5. The Morgan fingerprint density at radius 3 is 2.29 bits per heavy atom. The van der Waals surface area contributed by atoms with Crippen molar-refractivity contribution < 1.29 is 13.2 Å². The van der Waals surface area contributed by atoms with Crippen molar-refractivity contribution in [2.45, 2.75) is 31.6 Å². The molecule has 0 radical (unpaired) electrons. The number of hydrogen-bond donors (Lipinski definition) is 1. The summed E-state index contributed by atoms with van der Waals surface area (Å²) in [6.07, 6.45) is 1.79. The molecule has 2 N–H and O–H groups in total. The summed E-state index contributed by atoms with van der Waals surface area (Å²) in [6.45, 7) is 6.39. The van der Waals surface area contributed by atoms with Crippen molar-refractivity contribution in [1.29, 1.82) is 0 Å². The normalized spacial score (nSPS) is 19.4. The predicted octanol–water partition coefficient (Wildman–Crippen LogP) is 1.83. The van der Waals surface area contributed by atoms with E-state index in [2.05, 4.69) is 13.8 Å². The van der Waals surface area contributed by atoms with Gasteiger partial charge in [0.15, 0.2) is 0 Å². The standard InChI is InChI=1S/C15H24N2O3S/c1-15(2)7-10-17(11-8-15)21(18,19)14-5-3-13(4-6-14)20-12-9-16/h3-6H,7-12,16H2,1-2H3. The van der Waals surface area contributed by atoms with Crippen LogP contribution < -0.4 is 10.5 Å². The van der Waals surface area contributed by atoms with Crippen LogP contribution in [-0.2, 0) is 10.0 Å². The molecule has 6 heteroatoms. The molecule has 5 nitrogen and oxygen atoms in total. The molecule has 1 aromatic rings. The first kappa shape index (κ1) is 16.3. The molecule has 0 saturated carbocycles. The van der Waals surface area contributed by atoms with Crippen LogP contribution in [0.2, 0.25) is 0 Å². The largest absolute Gasteiger partial charge is 0.492 e. The lowest BCUT2D eigenvalue weighted by Gasteiger charge is -2.36. The molecule has 0 atom stereocenters. The molecule has 1 aliphatic heterocycles. The smallest absolute Gasteiger partial charge is 0.243 e. The van der Waals surface area contributed by atoms with E-state index in [1.165, 1.54) is 0 Å². The first-order chi connectivity index (χ1) is 9.85. The van der Waals surface area contributed by atoms with Crippen LogP contribution in [0.3, 0.4) is 0 Å². The quantitative estimate of drug-likeness (QED) is 0.900. The lowest BCUT2D eigenvalue weighted by molar-refractivity contribution is 0.196. The zero-order valence-corrected chi connectivity index (χ0v) is 13.5. The highest BCUT2D eigenvalue weighted by molar-refractivity contribution is 7.89. The second-order valence-corrected chi connectivity index (χ2v) is 8.11. The summed E-state index contributed by atoms with van der Waals surface area (Å²) in [7, 11) is -3.40. The van der Waals surface area contributed by atoms with Gasteiger partial charge in [-0.15, -0.1) is 0 Å². The Hall–Kier alpha value is -1.11. The molecule has 1 heterocycles. The number of rotatable bonds is 5. The molecule has 0 spiro atoms. The van der Waals surface area contributed by atoms with Crippen LogP contribution in [-0.4, -0.2) is 39.0 Å². The highest BCUT2D eigenvalue weighted by Crippen LogP contribution is 2.32. The molecule has 2 rings (SSSR count). The van der Waals surface area contributed by atoms with Crippen LogP contribution in [0.1, 0.15) is 26.7 Å². The molecule has 0 bridgehead atoms. The van der Waals surface area contributed by atoms with E-state index < -0.39 is 10.0 Å². The SMILES string of the molecule is CC1(C)CCN(S(=O)(=O)c2ccc(OCCN)cc2)CC1. The molecule has 1 aliphatic rings. The van der Waals surface area contributed by atoms with E-state index >= 15 is 0 Å². The third-order valence-corrected chi connectivity index (χ3v) is 5.84. The van der Waals surface area contributed by atoms with Gasteiger partial charge in [0.1, 0.15) is 12.4 Å². The molecular weight excluding hydrogens is 288 g/mol. The minimum atomic E-state index is -3.40. The number of nitrogens with zero attached hydrogens (tertiary/aromatic N) is 1. The monoisotopic (exact) mass is 312 g/mol. The van der Waals surface area contributed by atoms with Crippen molar-refractivity contribution >= 4 is 10.0 Å². The number of sulfonamides is 1. The number of hydrogen-bond acceptors (Lipinski definition) is 4. The van der Waals surface area contributed by atoms with Crippen molar-refractivity contribution in [2.75, 3.05) is 26.2 Å². The van der Waals surface area contributed by atoms with Gasteiger partial charge in [-0.3, -0.25) is 0 Å². The molecule has 1 aromatic carbocycles. The summed E-state index contributed by atoms with van der Waals surface area (Å²) in [6, 6.07) is 6.55. The Kier molecular flexibility index (Phi) is 4.91. The van der Waals surface area contributed by atoms with E-state index in [0.717, 1.165) is 12.8 Å². The van der Waals surface area contributed by atoms with Gasteiger partial charge in [0.05, 0.1) is 4.90 Å². The van der Waals surface area contributed by atoms with Crippen LogP contribution in [0, 0.1) is 5.41 Å². The Morgan fingerprint density at radius 2 is 1.76 bits per heavy atom. The van der Waals surface area contributed by atoms with E-state index in [9.17, 15) is 8.42 Å². The summed E-state index contributed by atoms with van der Waals surface area (Å²) in [5.74, 6) is 0.638. The molecule has 0 aliphatic carbocycles. The van der Waals surface area contributed by atoms with E-state index in [0.29, 0.717) is 36.9 Å². The van der Waals surface area contributed by atoms with Gasteiger partial charge < -0.3 is 10.5 Å². The molecule has 0 aromatic heterocycles. The minimum Gasteiger partial charge on any atom is -0.492 e. The van der Waals surface area contributed by atoms with E-state index in [-0.39, 0.29) is 5.41 Å². The lowest BCUT2D eigenvalue weighted by atomic mass is 9.83. The van der Waals surface area contributed by atoms with Gasteiger partial charge in [-0.1, -0.05) is 13.8 Å². The van der Waals surface area contributed by atoms with Crippen LogP contribution >= 0.6 is 0 Å². The fourth-order valence-electron chi connectivity index (χ4n) is 2.37. The highest BCUT2D eigenvalue weighted by Gasteiger charge is 2.32. The summed E-state index contributed by atoms with van der Waals surface area (Å²) in [4.78, 5) is 0.322. The summed E-state index contributed by atoms with van der Waals surface area (Å²) in [5, 5.41) is 0. The topological polar surface area (TPSA) is 72.6 Å². The average molecular weight is 312 g/mol. The van der Waals surface area contributed by atoms with Crippen molar-refractivity contribution in [3.8, 4) is 5.75 Å². The van der Waals surface area contributed by atoms with Gasteiger partial charge in [0.25, 0.3) is 0 Å². The van der Waals surface area contributed by atoms with Crippen LogP contribution in [0.25, 0.3) is 0 Å². The van der Waals surface area contributed by atoms with Crippen molar-refractivity contribution in [1.82, 2.24) is 4.31 Å². The third-order valence-electron chi connectivity index (χ3n) is 3.92. The molecule has 0 amide bonds. The second kappa shape index (κ2) is 6.34. The van der Waals surface area contributed by atoms with Crippen LogP contribution in [0.15, 0.2) is 29.2 Å². The van der Waals surface area contributed by atoms with E-state index in [1.54, 1.807) is 28.6 Å². The van der Waals surface area contributed by atoms with Gasteiger partial charge in [-0.2, -0.15) is 4.31 Å². The third kappa shape index (κ3) is 3.96. The van der Waals surface area contributed by atoms with Crippen molar-refractivity contribution in [2.24, 2.45) is 11.1 Å². The molecule has 118 valence electrons. The lowest BCUT2D eigenvalue weighted by Crippen LogP contribution is -2.41. The van der Waals surface area contributed by atoms with E-state index in [4.69, 9.17) is 10.5 Å². The van der Waals surface area contributed by atoms with Gasteiger partial charge in [-0.25, -0.2) is 8.42 Å². The number of nitrogens with two attached hydrogens (primary N) is 1. The van der Waals surface area contributed by atoms with Crippen LogP contribution in [0.5, 0.6) is 5.75 Å². The molecule has 0 unspecified atom stereocenters. The van der Waals surface area contributed by atoms with E-state index in [1.807, 2.05) is 0 Å². The van der Waals surface area contributed by atoms with Gasteiger partial charge >= 0.3 is 0 Å². The zero-order valence-electron chi connectivity index (χ0n) is 12.7. The first-order valence-corrected chi connectivity index (χ1v) is 8.72.